The fourth-order valence-electron chi connectivity index (χ4n) is 3.61. The molecule has 1 aliphatic rings. The first-order valence-electron chi connectivity index (χ1n) is 7.25. The third kappa shape index (κ3) is 1.92. The average Bonchev–Trinajstić information content (AvgIpc) is 2.95. The summed E-state index contributed by atoms with van der Waals surface area (Å²) in [7, 11) is 0. The normalized spacial score (nSPS) is 35.4. The number of imidazole rings is 1. The molecule has 1 saturated carbocycles. The van der Waals surface area contributed by atoms with Gasteiger partial charge in [0.05, 0.1) is 18.5 Å². The van der Waals surface area contributed by atoms with E-state index in [4.69, 9.17) is 17.3 Å². The van der Waals surface area contributed by atoms with Gasteiger partial charge in [-0.25, -0.2) is 4.98 Å². The Morgan fingerprint density at radius 1 is 1.36 bits per heavy atom. The highest BCUT2D eigenvalue weighted by atomic mass is 35.5. The van der Waals surface area contributed by atoms with E-state index in [1.165, 1.54) is 0 Å². The third-order valence-electron chi connectivity index (χ3n) is 5.54. The average molecular weight is 326 g/mol. The Hall–Kier alpha value is -1.44. The van der Waals surface area contributed by atoms with Crippen LogP contribution in [0.25, 0.3) is 11.2 Å². The largest absolute Gasteiger partial charge is 0.396 e. The van der Waals surface area contributed by atoms with Crippen LogP contribution in [0.3, 0.4) is 0 Å². The number of aromatic nitrogens is 4. The van der Waals surface area contributed by atoms with Gasteiger partial charge in [-0.3, -0.25) is 0 Å². The number of anilines is 1. The molecular weight excluding hydrogens is 306 g/mol. The fraction of sp³-hybridized carbons (Fsp3) is 0.643. The van der Waals surface area contributed by atoms with E-state index in [2.05, 4.69) is 15.0 Å². The van der Waals surface area contributed by atoms with Gasteiger partial charge in [0.2, 0.25) is 5.28 Å². The van der Waals surface area contributed by atoms with Gasteiger partial charge in [-0.1, -0.05) is 20.8 Å². The van der Waals surface area contributed by atoms with Crippen LogP contribution in [0.5, 0.6) is 0 Å². The zero-order chi connectivity index (χ0) is 16.2. The summed E-state index contributed by atoms with van der Waals surface area (Å²) in [6, 6.07) is -0.262. The van der Waals surface area contributed by atoms with Crippen LogP contribution in [0.15, 0.2) is 6.33 Å². The molecule has 1 fully saturated rings. The van der Waals surface area contributed by atoms with Crippen molar-refractivity contribution in [3.8, 4) is 0 Å². The van der Waals surface area contributed by atoms with Crippen LogP contribution >= 0.6 is 11.6 Å². The molecule has 2 aromatic heterocycles. The second kappa shape index (κ2) is 5.04. The Bertz CT molecular complexity index is 721. The molecule has 0 unspecified atom stereocenters. The second-order valence-corrected chi connectivity index (χ2v) is 6.76. The molecule has 1 aliphatic carbocycles. The maximum Gasteiger partial charge on any atom is 0.226 e. The van der Waals surface area contributed by atoms with Crippen molar-refractivity contribution in [1.29, 1.82) is 0 Å². The predicted molar refractivity (Wildman–Crippen MR) is 83.3 cm³/mol. The molecular formula is C14H20ClN5O2. The van der Waals surface area contributed by atoms with Crippen molar-refractivity contribution in [3.05, 3.63) is 11.6 Å². The number of nitrogen functional groups attached to an aromatic ring is 1. The molecule has 3 rings (SSSR count). The van der Waals surface area contributed by atoms with E-state index in [0.717, 1.165) is 0 Å². The predicted octanol–water partition coefficient (Wildman–Crippen LogP) is 1.25. The van der Waals surface area contributed by atoms with Gasteiger partial charge >= 0.3 is 0 Å². The van der Waals surface area contributed by atoms with Crippen LogP contribution in [0, 0.1) is 17.3 Å². The topological polar surface area (TPSA) is 110 Å². The van der Waals surface area contributed by atoms with E-state index < -0.39 is 6.10 Å². The number of halogens is 1. The smallest absolute Gasteiger partial charge is 0.226 e. The molecule has 0 radical (unpaired) electrons. The van der Waals surface area contributed by atoms with Crippen LogP contribution < -0.4 is 5.73 Å². The summed E-state index contributed by atoms with van der Waals surface area (Å²) in [6.07, 6.45) is 0.978. The molecule has 0 spiro atoms. The minimum absolute atomic E-state index is 0.00734. The molecule has 5 atom stereocenters. The van der Waals surface area contributed by atoms with Gasteiger partial charge in [0.1, 0.15) is 5.52 Å². The van der Waals surface area contributed by atoms with Crippen molar-refractivity contribution in [1.82, 2.24) is 19.5 Å². The number of nitrogens with two attached hydrogens (primary N) is 1. The van der Waals surface area contributed by atoms with Crippen molar-refractivity contribution in [3.63, 3.8) is 0 Å². The Balaban J connectivity index is 2.16. The number of rotatable bonds is 2. The molecule has 0 aromatic carbocycles. The summed E-state index contributed by atoms with van der Waals surface area (Å²) in [5.74, 6) is 0.173. The Morgan fingerprint density at radius 2 is 2.05 bits per heavy atom. The van der Waals surface area contributed by atoms with E-state index in [0.29, 0.717) is 11.2 Å². The summed E-state index contributed by atoms with van der Waals surface area (Å²) in [6.45, 7) is 5.97. The number of aliphatic hydroxyl groups excluding tert-OH is 2. The lowest BCUT2D eigenvalue weighted by atomic mass is 9.75. The molecule has 2 heterocycles. The Labute approximate surface area is 133 Å². The van der Waals surface area contributed by atoms with Gasteiger partial charge in [0.25, 0.3) is 0 Å². The molecule has 0 amide bonds. The lowest BCUT2D eigenvalue weighted by Crippen LogP contribution is -2.32. The first-order chi connectivity index (χ1) is 10.3. The van der Waals surface area contributed by atoms with Gasteiger partial charge in [0.15, 0.2) is 11.5 Å². The maximum absolute atomic E-state index is 10.7. The Morgan fingerprint density at radius 3 is 2.64 bits per heavy atom. The lowest BCUT2D eigenvalue weighted by molar-refractivity contribution is 0.0411. The van der Waals surface area contributed by atoms with Crippen molar-refractivity contribution < 1.29 is 10.2 Å². The summed E-state index contributed by atoms with van der Waals surface area (Å²) < 4.78 is 1.80. The van der Waals surface area contributed by atoms with Crippen LogP contribution in [0.4, 0.5) is 5.82 Å². The highest BCUT2D eigenvalue weighted by Crippen LogP contribution is 2.53. The van der Waals surface area contributed by atoms with E-state index in [9.17, 15) is 10.2 Å². The number of fused-ring (bicyclic) bond motifs is 1. The van der Waals surface area contributed by atoms with Gasteiger partial charge in [0, 0.05) is 12.0 Å². The van der Waals surface area contributed by atoms with Crippen LogP contribution in [-0.2, 0) is 0 Å². The summed E-state index contributed by atoms with van der Waals surface area (Å²) in [5.41, 5.74) is 6.41. The van der Waals surface area contributed by atoms with Crippen LogP contribution in [-0.4, -0.2) is 42.4 Å². The molecule has 8 heteroatoms. The first kappa shape index (κ1) is 15.5. The number of hydrogen-bond acceptors (Lipinski definition) is 6. The van der Waals surface area contributed by atoms with Gasteiger partial charge < -0.3 is 20.5 Å². The lowest BCUT2D eigenvalue weighted by Gasteiger charge is -2.32. The summed E-state index contributed by atoms with van der Waals surface area (Å²) in [4.78, 5) is 12.4. The summed E-state index contributed by atoms with van der Waals surface area (Å²) in [5, 5.41) is 20.5. The summed E-state index contributed by atoms with van der Waals surface area (Å²) >= 11 is 5.90. The van der Waals surface area contributed by atoms with Crippen molar-refractivity contribution in [2.45, 2.75) is 32.9 Å². The minimum atomic E-state index is -0.625. The number of aliphatic hydroxyl groups is 2. The van der Waals surface area contributed by atoms with E-state index in [1.54, 1.807) is 10.9 Å². The van der Waals surface area contributed by atoms with Gasteiger partial charge in [-0.05, 0) is 23.4 Å². The van der Waals surface area contributed by atoms with E-state index >= 15 is 0 Å². The van der Waals surface area contributed by atoms with Crippen molar-refractivity contribution in [2.75, 3.05) is 12.3 Å². The molecule has 0 saturated heterocycles. The molecule has 2 aromatic rings. The highest BCUT2D eigenvalue weighted by Gasteiger charge is 2.54. The molecule has 120 valence electrons. The van der Waals surface area contributed by atoms with Crippen molar-refractivity contribution in [2.24, 2.45) is 17.3 Å². The molecule has 7 nitrogen and oxygen atoms in total. The standard InChI is InChI=1S/C14H20ClN5O2/c1-6-9(10(22)7(2)14(6,3)4-21)20-5-17-8-11(16)18-13(15)19-12(8)20/h5-7,9-10,21-22H,4H2,1-3H3,(H2,16,18,19)/t6-,7+,9-,10-,14+/m1/s1. The monoisotopic (exact) mass is 325 g/mol. The van der Waals surface area contributed by atoms with Crippen LogP contribution in [0.1, 0.15) is 26.8 Å². The molecule has 0 aliphatic heterocycles. The first-order valence-corrected chi connectivity index (χ1v) is 7.63. The number of nitrogens with zero attached hydrogens (tertiary/aromatic N) is 4. The van der Waals surface area contributed by atoms with Crippen molar-refractivity contribution >= 4 is 28.6 Å². The molecule has 22 heavy (non-hydrogen) atoms. The highest BCUT2D eigenvalue weighted by molar-refractivity contribution is 6.28. The SMILES string of the molecule is C[C@@H]1[C@@H](n2cnc3c(N)nc(Cl)nc32)[C@H](O)[C@H](C)[C@@]1(C)CO. The number of hydrogen-bond donors (Lipinski definition) is 3. The third-order valence-corrected chi connectivity index (χ3v) is 5.71. The quantitative estimate of drug-likeness (QED) is 0.717. The second-order valence-electron chi connectivity index (χ2n) is 6.42. The van der Waals surface area contributed by atoms with E-state index in [-0.39, 0.29) is 41.0 Å². The molecule has 0 bridgehead atoms. The Kier molecular flexibility index (Phi) is 3.54. The minimum Gasteiger partial charge on any atom is -0.396 e. The van der Waals surface area contributed by atoms with E-state index in [1.807, 2.05) is 20.8 Å². The van der Waals surface area contributed by atoms with Gasteiger partial charge in [-0.2, -0.15) is 9.97 Å². The van der Waals surface area contributed by atoms with Gasteiger partial charge in [-0.15, -0.1) is 0 Å². The maximum atomic E-state index is 10.7. The fourth-order valence-corrected chi connectivity index (χ4v) is 3.78. The molecule has 4 N–H and O–H groups in total. The van der Waals surface area contributed by atoms with Crippen LogP contribution in [0.2, 0.25) is 5.28 Å². The zero-order valence-corrected chi connectivity index (χ0v) is 13.5. The zero-order valence-electron chi connectivity index (χ0n) is 12.7.